The van der Waals surface area contributed by atoms with Crippen LogP contribution in [0.5, 0.6) is 5.75 Å². The van der Waals surface area contributed by atoms with Crippen molar-refractivity contribution in [2.75, 3.05) is 5.32 Å². The number of ether oxygens (including phenoxy) is 1. The molecule has 0 bridgehead atoms. The number of nitrogens with one attached hydrogen (secondary N) is 1. The first-order chi connectivity index (χ1) is 9.06. The molecule has 0 aliphatic carbocycles. The molecular weight excluding hydrogens is 276 g/mol. The first-order valence-electron chi connectivity index (χ1n) is 5.34. The molecule has 1 N–H and O–H groups in total. The summed E-state index contributed by atoms with van der Waals surface area (Å²) >= 11 is 5.89. The van der Waals surface area contributed by atoms with Crippen molar-refractivity contribution in [2.45, 2.75) is 13.5 Å². The topological polar surface area (TPSA) is 47.0 Å². The zero-order valence-corrected chi connectivity index (χ0v) is 10.7. The van der Waals surface area contributed by atoms with Crippen LogP contribution < -0.4 is 10.1 Å². The SMILES string of the molecule is Cc1ccc(Nc2ncncc2Cl)cc1OC(F)F. The van der Waals surface area contributed by atoms with Gasteiger partial charge in [-0.25, -0.2) is 9.97 Å². The Morgan fingerprint density at radius 2 is 2.16 bits per heavy atom. The van der Waals surface area contributed by atoms with E-state index in [4.69, 9.17) is 11.6 Å². The van der Waals surface area contributed by atoms with Crippen LogP contribution in [0.3, 0.4) is 0 Å². The van der Waals surface area contributed by atoms with E-state index in [2.05, 4.69) is 20.0 Å². The third-order valence-corrected chi connectivity index (χ3v) is 2.61. The van der Waals surface area contributed by atoms with Crippen molar-refractivity contribution in [3.63, 3.8) is 0 Å². The lowest BCUT2D eigenvalue weighted by molar-refractivity contribution is -0.0502. The number of nitrogens with zero attached hydrogens (tertiary/aromatic N) is 2. The molecule has 100 valence electrons. The number of aromatic nitrogens is 2. The van der Waals surface area contributed by atoms with Crippen LogP contribution in [0.1, 0.15) is 5.56 Å². The molecule has 0 unspecified atom stereocenters. The fourth-order valence-corrected chi connectivity index (χ4v) is 1.59. The third kappa shape index (κ3) is 3.51. The van der Waals surface area contributed by atoms with Gasteiger partial charge in [-0.15, -0.1) is 0 Å². The van der Waals surface area contributed by atoms with Gasteiger partial charge in [0.2, 0.25) is 0 Å². The molecule has 0 spiro atoms. The lowest BCUT2D eigenvalue weighted by atomic mass is 10.2. The molecular formula is C12H10ClF2N3O. The van der Waals surface area contributed by atoms with Gasteiger partial charge in [0.25, 0.3) is 0 Å². The molecule has 1 aromatic carbocycles. The van der Waals surface area contributed by atoms with Crippen molar-refractivity contribution in [1.29, 1.82) is 0 Å². The number of halogens is 3. The van der Waals surface area contributed by atoms with Crippen molar-refractivity contribution in [3.8, 4) is 5.75 Å². The zero-order valence-electron chi connectivity index (χ0n) is 9.90. The Morgan fingerprint density at radius 3 is 2.84 bits per heavy atom. The van der Waals surface area contributed by atoms with E-state index in [1.165, 1.54) is 18.6 Å². The Hall–Kier alpha value is -1.95. The predicted octanol–water partition coefficient (Wildman–Crippen LogP) is 3.78. The zero-order chi connectivity index (χ0) is 13.8. The number of rotatable bonds is 4. The lowest BCUT2D eigenvalue weighted by Crippen LogP contribution is -2.04. The van der Waals surface area contributed by atoms with Crippen molar-refractivity contribution in [3.05, 3.63) is 41.3 Å². The smallest absolute Gasteiger partial charge is 0.387 e. The van der Waals surface area contributed by atoms with Gasteiger partial charge in [0, 0.05) is 11.8 Å². The van der Waals surface area contributed by atoms with E-state index >= 15 is 0 Å². The minimum atomic E-state index is -2.86. The summed E-state index contributed by atoms with van der Waals surface area (Å²) < 4.78 is 28.9. The van der Waals surface area contributed by atoms with E-state index < -0.39 is 6.61 Å². The van der Waals surface area contributed by atoms with Gasteiger partial charge in [-0.05, 0) is 18.6 Å². The fourth-order valence-electron chi connectivity index (χ4n) is 1.44. The second-order valence-corrected chi connectivity index (χ2v) is 4.11. The van der Waals surface area contributed by atoms with Gasteiger partial charge in [0.1, 0.15) is 17.1 Å². The molecule has 2 aromatic rings. The summed E-state index contributed by atoms with van der Waals surface area (Å²) in [6.07, 6.45) is 2.76. The average Bonchev–Trinajstić information content (AvgIpc) is 2.35. The molecule has 1 heterocycles. The maximum atomic E-state index is 12.2. The molecule has 0 radical (unpaired) electrons. The summed E-state index contributed by atoms with van der Waals surface area (Å²) in [6.45, 7) is -1.18. The van der Waals surface area contributed by atoms with Gasteiger partial charge >= 0.3 is 6.61 Å². The molecule has 19 heavy (non-hydrogen) atoms. The lowest BCUT2D eigenvalue weighted by Gasteiger charge is -2.11. The summed E-state index contributed by atoms with van der Waals surface area (Å²) in [7, 11) is 0. The highest BCUT2D eigenvalue weighted by Crippen LogP contribution is 2.27. The highest BCUT2D eigenvalue weighted by atomic mass is 35.5. The standard InChI is InChI=1S/C12H10ClF2N3O/c1-7-2-3-8(4-10(7)19-12(14)15)18-11-9(13)5-16-6-17-11/h2-6,12H,1H3,(H,16,17,18). The number of alkyl halides is 2. The normalized spacial score (nSPS) is 10.6. The van der Waals surface area contributed by atoms with Gasteiger partial charge in [-0.3, -0.25) is 0 Å². The maximum absolute atomic E-state index is 12.2. The third-order valence-electron chi connectivity index (χ3n) is 2.33. The van der Waals surface area contributed by atoms with Crippen molar-refractivity contribution < 1.29 is 13.5 Å². The second-order valence-electron chi connectivity index (χ2n) is 3.70. The summed E-state index contributed by atoms with van der Waals surface area (Å²) in [5.41, 5.74) is 1.15. The van der Waals surface area contributed by atoms with Crippen LogP contribution in [0.4, 0.5) is 20.3 Å². The van der Waals surface area contributed by atoms with E-state index in [1.54, 1.807) is 19.1 Å². The molecule has 1 aromatic heterocycles. The Morgan fingerprint density at radius 1 is 1.37 bits per heavy atom. The minimum Gasteiger partial charge on any atom is -0.434 e. The molecule has 0 saturated carbocycles. The van der Waals surface area contributed by atoms with E-state index in [-0.39, 0.29) is 5.75 Å². The molecule has 7 heteroatoms. The Kier molecular flexibility index (Phi) is 4.11. The highest BCUT2D eigenvalue weighted by molar-refractivity contribution is 6.32. The van der Waals surface area contributed by atoms with Gasteiger partial charge in [0.05, 0.1) is 6.20 Å². The Labute approximate surface area is 113 Å². The largest absolute Gasteiger partial charge is 0.434 e. The van der Waals surface area contributed by atoms with Gasteiger partial charge < -0.3 is 10.1 Å². The summed E-state index contributed by atoms with van der Waals surface area (Å²) in [6, 6.07) is 4.83. The molecule has 0 fully saturated rings. The number of benzene rings is 1. The van der Waals surface area contributed by atoms with Gasteiger partial charge in [0.15, 0.2) is 5.82 Å². The van der Waals surface area contributed by atoms with Gasteiger partial charge in [-0.1, -0.05) is 17.7 Å². The summed E-state index contributed by atoms with van der Waals surface area (Å²) in [5, 5.41) is 3.24. The number of hydrogen-bond donors (Lipinski definition) is 1. The Bertz CT molecular complexity index is 581. The van der Waals surface area contributed by atoms with Crippen molar-refractivity contribution in [1.82, 2.24) is 9.97 Å². The van der Waals surface area contributed by atoms with Crippen molar-refractivity contribution >= 4 is 23.1 Å². The molecule has 0 aliphatic rings. The monoisotopic (exact) mass is 285 g/mol. The highest BCUT2D eigenvalue weighted by Gasteiger charge is 2.09. The molecule has 0 aliphatic heterocycles. The van der Waals surface area contributed by atoms with Crippen LogP contribution in [-0.4, -0.2) is 16.6 Å². The van der Waals surface area contributed by atoms with Crippen LogP contribution >= 0.6 is 11.6 Å². The van der Waals surface area contributed by atoms with Crippen LogP contribution in [0, 0.1) is 6.92 Å². The van der Waals surface area contributed by atoms with E-state index in [0.717, 1.165) is 0 Å². The fraction of sp³-hybridized carbons (Fsp3) is 0.167. The second kappa shape index (κ2) is 5.79. The molecule has 4 nitrogen and oxygen atoms in total. The maximum Gasteiger partial charge on any atom is 0.387 e. The predicted molar refractivity (Wildman–Crippen MR) is 68.1 cm³/mol. The first kappa shape index (κ1) is 13.5. The van der Waals surface area contributed by atoms with Gasteiger partial charge in [-0.2, -0.15) is 8.78 Å². The van der Waals surface area contributed by atoms with Crippen LogP contribution in [0.2, 0.25) is 5.02 Å². The van der Waals surface area contributed by atoms with E-state index in [1.807, 2.05) is 0 Å². The van der Waals surface area contributed by atoms with Crippen LogP contribution in [-0.2, 0) is 0 Å². The van der Waals surface area contributed by atoms with Crippen LogP contribution in [0.25, 0.3) is 0 Å². The average molecular weight is 286 g/mol. The number of aryl methyl sites for hydroxylation is 1. The molecule has 0 atom stereocenters. The molecule has 0 amide bonds. The van der Waals surface area contributed by atoms with E-state index in [0.29, 0.717) is 22.1 Å². The molecule has 0 saturated heterocycles. The number of anilines is 2. The summed E-state index contributed by atoms with van der Waals surface area (Å²) in [5.74, 6) is 0.494. The van der Waals surface area contributed by atoms with Crippen molar-refractivity contribution in [2.24, 2.45) is 0 Å². The Balaban J connectivity index is 2.24. The van der Waals surface area contributed by atoms with Crippen LogP contribution in [0.15, 0.2) is 30.7 Å². The summed E-state index contributed by atoms with van der Waals surface area (Å²) in [4.78, 5) is 7.69. The number of hydrogen-bond acceptors (Lipinski definition) is 4. The quantitative estimate of drug-likeness (QED) is 0.928. The minimum absolute atomic E-state index is 0.102. The van der Waals surface area contributed by atoms with E-state index in [9.17, 15) is 8.78 Å². The molecule has 2 rings (SSSR count). The first-order valence-corrected chi connectivity index (χ1v) is 5.72.